The molecule has 0 saturated carbocycles. The van der Waals surface area contributed by atoms with Gasteiger partial charge in [-0.05, 0) is 36.3 Å². The molecule has 0 aliphatic heterocycles. The van der Waals surface area contributed by atoms with Gasteiger partial charge in [-0.1, -0.05) is 146 Å². The molecule has 0 aliphatic rings. The van der Waals surface area contributed by atoms with Crippen molar-refractivity contribution in [3.05, 3.63) is 71.3 Å². The van der Waals surface area contributed by atoms with Crippen LogP contribution in [-0.2, 0) is 0 Å². The second kappa shape index (κ2) is 9.60. The highest BCUT2D eigenvalue weighted by Crippen LogP contribution is 2.19. The highest BCUT2D eigenvalue weighted by molar-refractivity contribution is 7.43. The molecule has 0 spiro atoms. The minimum atomic E-state index is -2.86. The minimum Gasteiger partial charge on any atom is -0.149 e. The summed E-state index contributed by atoms with van der Waals surface area (Å²) >= 11 is 8.47. The first-order chi connectivity index (χ1) is 15.9. The van der Waals surface area contributed by atoms with E-state index in [0.717, 1.165) is 0 Å². The Morgan fingerprint density at radius 3 is 0.857 bits per heavy atom. The van der Waals surface area contributed by atoms with Gasteiger partial charge in [0.05, 0.1) is 24.2 Å². The van der Waals surface area contributed by atoms with Gasteiger partial charge in [0.25, 0.3) is 0 Å². The lowest BCUT2D eigenvalue weighted by Gasteiger charge is -2.39. The van der Waals surface area contributed by atoms with Gasteiger partial charge in [0.2, 0.25) is 7.38 Å². The molecule has 0 N–H and O–H groups in total. The Balaban J connectivity index is 2.67. The van der Waals surface area contributed by atoms with E-state index in [0.29, 0.717) is 0 Å². The molecule has 3 aromatic rings. The quantitative estimate of drug-likeness (QED) is 0.216. The lowest BCUT2D eigenvalue weighted by molar-refractivity contribution is 1.49. The second-order valence-electron chi connectivity index (χ2n) is 13.4. The van der Waals surface area contributed by atoms with Gasteiger partial charge in [-0.15, -0.1) is 11.1 Å². The fraction of sp³-hybridized carbons (Fsp3) is 0.400. The number of hydrogen-bond donors (Lipinski definition) is 0. The van der Waals surface area contributed by atoms with Gasteiger partial charge in [0.1, 0.15) is 0 Å². The van der Waals surface area contributed by atoms with Crippen molar-refractivity contribution in [2.75, 3.05) is 0 Å². The van der Waals surface area contributed by atoms with E-state index < -0.39 is 31.6 Å². The third-order valence-corrected chi connectivity index (χ3v) is 19.7. The lowest BCUT2D eigenvalue weighted by atomic mass is 10.2. The van der Waals surface area contributed by atoms with Crippen molar-refractivity contribution in [3.63, 3.8) is 0 Å². The Morgan fingerprint density at radius 1 is 0.429 bits per heavy atom. The zero-order valence-electron chi connectivity index (χ0n) is 24.1. The SMILES string of the molecule is Cc1cccc([Si](Cl)(c2cccc(C)c2[Si](C)(C)C)c2cccc(C)c2[Si](C)(C)C)c1[Si](C)(C)C. The molecule has 3 aromatic carbocycles. The molecule has 0 unspecified atom stereocenters. The van der Waals surface area contributed by atoms with Crippen molar-refractivity contribution in [2.24, 2.45) is 0 Å². The molecule has 0 amide bonds. The maximum Gasteiger partial charge on any atom is 0.247 e. The minimum absolute atomic E-state index is 1.41. The van der Waals surface area contributed by atoms with E-state index in [1.54, 1.807) is 15.6 Å². The molecule has 0 fully saturated rings. The fourth-order valence-corrected chi connectivity index (χ4v) is 23.4. The van der Waals surface area contributed by atoms with Gasteiger partial charge in [0, 0.05) is 0 Å². The van der Waals surface area contributed by atoms with Crippen molar-refractivity contribution in [2.45, 2.75) is 79.7 Å². The van der Waals surface area contributed by atoms with Gasteiger partial charge in [0.15, 0.2) is 0 Å². The Kier molecular flexibility index (Phi) is 7.79. The number of aryl methyl sites for hydroxylation is 3. The molecule has 0 radical (unpaired) electrons. The van der Waals surface area contributed by atoms with Crippen LogP contribution in [0.25, 0.3) is 0 Å². The Morgan fingerprint density at radius 2 is 0.657 bits per heavy atom. The predicted octanol–water partition coefficient (Wildman–Crippen LogP) is 5.45. The smallest absolute Gasteiger partial charge is 0.149 e. The van der Waals surface area contributed by atoms with E-state index in [9.17, 15) is 0 Å². The molecule has 5 heteroatoms. The molecule has 188 valence electrons. The van der Waals surface area contributed by atoms with E-state index in [1.807, 2.05) is 0 Å². The van der Waals surface area contributed by atoms with Crippen molar-refractivity contribution in [1.82, 2.24) is 0 Å². The topological polar surface area (TPSA) is 0 Å². The van der Waals surface area contributed by atoms with Gasteiger partial charge in [-0.25, -0.2) is 0 Å². The summed E-state index contributed by atoms with van der Waals surface area (Å²) in [5.41, 5.74) is 4.22. The summed E-state index contributed by atoms with van der Waals surface area (Å²) in [7, 11) is -7.89. The summed E-state index contributed by atoms with van der Waals surface area (Å²) in [5.74, 6) is 0. The van der Waals surface area contributed by atoms with E-state index >= 15 is 0 Å². The summed E-state index contributed by atoms with van der Waals surface area (Å²) < 4.78 is 0. The van der Waals surface area contributed by atoms with Crippen LogP contribution in [0.4, 0.5) is 0 Å². The Bertz CT molecular complexity index is 1090. The molecule has 0 aromatic heterocycles. The largest absolute Gasteiger partial charge is 0.247 e. The van der Waals surface area contributed by atoms with Crippen LogP contribution in [0.2, 0.25) is 58.9 Å². The molecule has 35 heavy (non-hydrogen) atoms. The van der Waals surface area contributed by atoms with Crippen LogP contribution >= 0.6 is 11.1 Å². The summed E-state index contributed by atoms with van der Waals surface area (Å²) in [6, 6.07) is 20.9. The molecular weight excluding hydrogens is 508 g/mol. The standard InChI is InChI=1S/C30H45ClSi4/c1-22-16-13-19-25(28(22)32(4,5)6)35(31,26-20-14-17-23(2)29(26)33(7,8)9)27-21-15-18-24(3)30(27)34(10,11)12/h13-21H,1-12H3. The van der Waals surface area contributed by atoms with Crippen LogP contribution in [0.3, 0.4) is 0 Å². The van der Waals surface area contributed by atoms with Crippen LogP contribution in [-0.4, -0.2) is 31.6 Å². The molecule has 0 nitrogen and oxygen atoms in total. The maximum absolute atomic E-state index is 8.47. The Labute approximate surface area is 223 Å². The first-order valence-electron chi connectivity index (χ1n) is 12.9. The van der Waals surface area contributed by atoms with Crippen LogP contribution in [0.5, 0.6) is 0 Å². The molecule has 3 rings (SSSR count). The highest BCUT2D eigenvalue weighted by atomic mass is 35.6. The monoisotopic (exact) mass is 552 g/mol. The second-order valence-corrected chi connectivity index (χ2v) is 33.0. The predicted molar refractivity (Wildman–Crippen MR) is 173 cm³/mol. The highest BCUT2D eigenvalue weighted by Gasteiger charge is 2.47. The summed E-state index contributed by atoms with van der Waals surface area (Å²) in [6.45, 7) is 29.2. The molecule has 0 saturated heterocycles. The third-order valence-electron chi connectivity index (χ3n) is 7.18. The average Bonchev–Trinajstić information content (AvgIpc) is 2.69. The van der Waals surface area contributed by atoms with Gasteiger partial charge in [-0.2, -0.15) is 0 Å². The number of benzene rings is 3. The van der Waals surface area contributed by atoms with Crippen molar-refractivity contribution in [1.29, 1.82) is 0 Å². The first kappa shape index (κ1) is 28.4. The van der Waals surface area contributed by atoms with E-state index in [1.165, 1.54) is 32.3 Å². The van der Waals surface area contributed by atoms with Crippen molar-refractivity contribution < 1.29 is 0 Å². The summed E-state index contributed by atoms with van der Waals surface area (Å²) in [6.07, 6.45) is 0. The normalized spacial score (nSPS) is 13.3. The molecule has 0 heterocycles. The maximum atomic E-state index is 8.47. The molecular formula is C30H45ClSi4. The number of halogens is 1. The first-order valence-corrected chi connectivity index (χ1v) is 26.4. The van der Waals surface area contributed by atoms with E-state index in [4.69, 9.17) is 11.1 Å². The van der Waals surface area contributed by atoms with Crippen LogP contribution in [0, 0.1) is 20.8 Å². The van der Waals surface area contributed by atoms with Gasteiger partial charge in [-0.3, -0.25) is 0 Å². The third kappa shape index (κ3) is 5.28. The van der Waals surface area contributed by atoms with E-state index in [-0.39, 0.29) is 0 Å². The molecule has 0 bridgehead atoms. The van der Waals surface area contributed by atoms with Crippen LogP contribution < -0.4 is 31.1 Å². The summed E-state index contributed by atoms with van der Waals surface area (Å²) in [5, 5.41) is 9.00. The molecule has 0 aliphatic carbocycles. The van der Waals surface area contributed by atoms with Crippen molar-refractivity contribution in [3.8, 4) is 0 Å². The fourth-order valence-electron chi connectivity index (χ4n) is 6.29. The van der Waals surface area contributed by atoms with Gasteiger partial charge >= 0.3 is 0 Å². The number of rotatable bonds is 6. The zero-order chi connectivity index (χ0) is 26.6. The lowest BCUT2D eigenvalue weighted by Crippen LogP contribution is -2.77. The summed E-state index contributed by atoms with van der Waals surface area (Å²) in [4.78, 5) is 0. The van der Waals surface area contributed by atoms with Crippen molar-refractivity contribution >= 4 is 73.8 Å². The molecule has 0 atom stereocenters. The average molecular weight is 553 g/mol. The zero-order valence-corrected chi connectivity index (χ0v) is 28.8. The van der Waals surface area contributed by atoms with Crippen LogP contribution in [0.15, 0.2) is 54.6 Å². The van der Waals surface area contributed by atoms with E-state index in [2.05, 4.69) is 134 Å². The number of hydrogen-bond acceptors (Lipinski definition) is 0. The van der Waals surface area contributed by atoms with Gasteiger partial charge < -0.3 is 0 Å². The van der Waals surface area contributed by atoms with Crippen LogP contribution in [0.1, 0.15) is 16.7 Å². The Hall–Kier alpha value is -1.18.